The van der Waals surface area contributed by atoms with Gasteiger partial charge in [-0.25, -0.2) is 0 Å². The topological polar surface area (TPSA) is 77.8 Å². The molecule has 0 saturated carbocycles. The van der Waals surface area contributed by atoms with Crippen molar-refractivity contribution in [3.63, 3.8) is 0 Å². The van der Waals surface area contributed by atoms with Crippen LogP contribution >= 0.6 is 0 Å². The molecule has 0 bridgehead atoms. The van der Waals surface area contributed by atoms with Gasteiger partial charge in [0.1, 0.15) is 12.2 Å². The molecule has 0 heterocycles. The quantitative estimate of drug-likeness (QED) is 0.654. The van der Waals surface area contributed by atoms with Crippen molar-refractivity contribution >= 4 is 11.7 Å². The molecule has 1 amide bonds. The Hall–Kier alpha value is -0.940. The molecule has 0 aromatic carbocycles. The summed E-state index contributed by atoms with van der Waals surface area (Å²) in [4.78, 5) is 23.4. The molecule has 3 unspecified atom stereocenters. The minimum absolute atomic E-state index is 0.195. The van der Waals surface area contributed by atoms with E-state index >= 15 is 0 Å². The molecule has 0 spiro atoms. The third-order valence-corrected chi connectivity index (χ3v) is 2.47. The second-order valence-corrected chi connectivity index (χ2v) is 3.59. The predicted octanol–water partition coefficient (Wildman–Crippen LogP) is -0.446. The van der Waals surface area contributed by atoms with Crippen LogP contribution in [0.15, 0.2) is 0 Å². The number of likely N-dealkylation sites (N-methyl/N-ethyl adjacent to an activating group) is 1. The van der Waals surface area contributed by atoms with Gasteiger partial charge in [0, 0.05) is 13.5 Å². The molecule has 5 heteroatoms. The number of carbonyl (C=O) groups excluding carboxylic acids is 2. The molecule has 0 radical (unpaired) electrons. The molecule has 0 rings (SSSR count). The van der Waals surface area contributed by atoms with Crippen LogP contribution in [0.4, 0.5) is 0 Å². The summed E-state index contributed by atoms with van der Waals surface area (Å²) in [6.45, 7) is 6.38. The minimum Gasteiger partial charge on any atom is -0.388 e. The zero-order valence-corrected chi connectivity index (χ0v) is 9.60. The van der Waals surface area contributed by atoms with Crippen LogP contribution < -0.4 is 0 Å². The summed E-state index contributed by atoms with van der Waals surface area (Å²) in [7, 11) is 0. The average molecular weight is 217 g/mol. The molecule has 0 aliphatic rings. The number of aliphatic hydroxyl groups excluding tert-OH is 2. The number of nitrogens with zero attached hydrogens (tertiary/aromatic N) is 1. The van der Waals surface area contributed by atoms with E-state index in [4.69, 9.17) is 0 Å². The molecule has 0 aliphatic carbocycles. The van der Waals surface area contributed by atoms with Gasteiger partial charge in [-0.1, -0.05) is 0 Å². The van der Waals surface area contributed by atoms with E-state index in [-0.39, 0.29) is 5.91 Å². The van der Waals surface area contributed by atoms with Gasteiger partial charge in [0.15, 0.2) is 5.78 Å². The summed E-state index contributed by atoms with van der Waals surface area (Å²) < 4.78 is 0. The number of hydrogen-bond acceptors (Lipinski definition) is 4. The van der Waals surface area contributed by atoms with Crippen molar-refractivity contribution in [3.05, 3.63) is 0 Å². The first-order chi connectivity index (χ1) is 6.82. The number of hydrogen-bond donors (Lipinski definition) is 2. The lowest BCUT2D eigenvalue weighted by atomic mass is 10.0. The molecule has 5 nitrogen and oxygen atoms in total. The third kappa shape index (κ3) is 3.60. The number of ketones is 1. The maximum absolute atomic E-state index is 11.2. The molecule has 15 heavy (non-hydrogen) atoms. The molecule has 0 aliphatic heterocycles. The van der Waals surface area contributed by atoms with Crippen LogP contribution in [-0.4, -0.2) is 51.6 Å². The molecular weight excluding hydrogens is 198 g/mol. The first kappa shape index (κ1) is 14.1. The fraction of sp³-hybridized carbons (Fsp3) is 0.800. The van der Waals surface area contributed by atoms with Gasteiger partial charge in [-0.05, 0) is 20.8 Å². The van der Waals surface area contributed by atoms with Crippen molar-refractivity contribution in [2.75, 3.05) is 6.54 Å². The fourth-order valence-electron chi connectivity index (χ4n) is 1.49. The highest BCUT2D eigenvalue weighted by molar-refractivity contribution is 5.81. The summed E-state index contributed by atoms with van der Waals surface area (Å²) in [5, 5.41) is 19.0. The summed E-state index contributed by atoms with van der Waals surface area (Å²) >= 11 is 0. The second-order valence-electron chi connectivity index (χ2n) is 3.59. The van der Waals surface area contributed by atoms with Crippen molar-refractivity contribution in [3.8, 4) is 0 Å². The highest BCUT2D eigenvalue weighted by Gasteiger charge is 2.30. The van der Waals surface area contributed by atoms with Gasteiger partial charge in [0.25, 0.3) is 0 Å². The Morgan fingerprint density at radius 2 is 1.73 bits per heavy atom. The van der Waals surface area contributed by atoms with Crippen molar-refractivity contribution in [1.82, 2.24) is 4.90 Å². The Morgan fingerprint density at radius 1 is 1.27 bits per heavy atom. The first-order valence-electron chi connectivity index (χ1n) is 4.96. The molecule has 0 fully saturated rings. The number of Topliss-reactive ketones (excluding diaryl/α,β-unsaturated/α-hetero) is 1. The van der Waals surface area contributed by atoms with E-state index in [0.717, 1.165) is 0 Å². The summed E-state index contributed by atoms with van der Waals surface area (Å²) in [6.07, 6.45) is -2.68. The first-order valence-corrected chi connectivity index (χ1v) is 4.96. The van der Waals surface area contributed by atoms with Gasteiger partial charge in [-0.3, -0.25) is 9.59 Å². The van der Waals surface area contributed by atoms with Gasteiger partial charge in [0.05, 0.1) is 6.04 Å². The highest BCUT2D eigenvalue weighted by atomic mass is 16.3. The molecular formula is C10H19NO4. The van der Waals surface area contributed by atoms with E-state index in [1.165, 1.54) is 18.7 Å². The van der Waals surface area contributed by atoms with Gasteiger partial charge < -0.3 is 15.1 Å². The zero-order chi connectivity index (χ0) is 12.2. The van der Waals surface area contributed by atoms with Gasteiger partial charge in [-0.15, -0.1) is 0 Å². The van der Waals surface area contributed by atoms with Crippen molar-refractivity contribution in [1.29, 1.82) is 0 Å². The second kappa shape index (κ2) is 5.82. The largest absolute Gasteiger partial charge is 0.388 e. The van der Waals surface area contributed by atoms with Crippen molar-refractivity contribution in [2.24, 2.45) is 0 Å². The Morgan fingerprint density at radius 3 is 2.00 bits per heavy atom. The van der Waals surface area contributed by atoms with Crippen LogP contribution in [0.1, 0.15) is 27.7 Å². The van der Waals surface area contributed by atoms with E-state index < -0.39 is 24.0 Å². The van der Waals surface area contributed by atoms with Crippen LogP contribution in [0.25, 0.3) is 0 Å². The average Bonchev–Trinajstić information content (AvgIpc) is 2.15. The van der Waals surface area contributed by atoms with Crippen LogP contribution in [0.3, 0.4) is 0 Å². The normalized spacial score (nSPS) is 16.7. The van der Waals surface area contributed by atoms with Gasteiger partial charge >= 0.3 is 0 Å². The molecule has 2 N–H and O–H groups in total. The lowest BCUT2D eigenvalue weighted by Gasteiger charge is -2.32. The van der Waals surface area contributed by atoms with E-state index in [2.05, 4.69) is 0 Å². The van der Waals surface area contributed by atoms with E-state index in [9.17, 15) is 19.8 Å². The lowest BCUT2D eigenvalue weighted by molar-refractivity contribution is -0.141. The van der Waals surface area contributed by atoms with Crippen LogP contribution in [-0.2, 0) is 9.59 Å². The summed E-state index contributed by atoms with van der Waals surface area (Å²) in [5.74, 6) is -0.700. The Balaban J connectivity index is 4.60. The van der Waals surface area contributed by atoms with Gasteiger partial charge in [0.2, 0.25) is 5.91 Å². The Bertz CT molecular complexity index is 242. The van der Waals surface area contributed by atoms with E-state index in [0.29, 0.717) is 6.54 Å². The highest BCUT2D eigenvalue weighted by Crippen LogP contribution is 2.09. The van der Waals surface area contributed by atoms with Crippen molar-refractivity contribution < 1.29 is 19.8 Å². The number of rotatable bonds is 5. The van der Waals surface area contributed by atoms with E-state index in [1.54, 1.807) is 13.8 Å². The summed E-state index contributed by atoms with van der Waals surface area (Å²) in [5.41, 5.74) is 0. The number of carbonyl (C=O) groups is 2. The SMILES string of the molecule is CCN(C(C)=O)C(C)C(O)C(O)C(C)=O. The number of aliphatic hydroxyl groups is 2. The predicted molar refractivity (Wildman–Crippen MR) is 55.2 cm³/mol. The van der Waals surface area contributed by atoms with Crippen LogP contribution in [0.5, 0.6) is 0 Å². The third-order valence-electron chi connectivity index (χ3n) is 2.47. The molecule has 3 atom stereocenters. The van der Waals surface area contributed by atoms with Crippen molar-refractivity contribution in [2.45, 2.75) is 45.9 Å². The van der Waals surface area contributed by atoms with Crippen LogP contribution in [0, 0.1) is 0 Å². The maximum atomic E-state index is 11.2. The zero-order valence-electron chi connectivity index (χ0n) is 9.60. The standard InChI is InChI=1S/C10H19NO4/c1-5-11(8(4)13)6(2)9(14)10(15)7(3)12/h6,9-10,14-15H,5H2,1-4H3. The Kier molecular flexibility index (Phi) is 5.46. The monoisotopic (exact) mass is 217 g/mol. The molecule has 0 saturated heterocycles. The lowest BCUT2D eigenvalue weighted by Crippen LogP contribution is -2.50. The molecule has 88 valence electrons. The number of amides is 1. The van der Waals surface area contributed by atoms with E-state index in [1.807, 2.05) is 0 Å². The smallest absolute Gasteiger partial charge is 0.219 e. The van der Waals surface area contributed by atoms with Gasteiger partial charge in [-0.2, -0.15) is 0 Å². The minimum atomic E-state index is -1.44. The summed E-state index contributed by atoms with van der Waals surface area (Å²) in [6, 6.07) is -0.577. The maximum Gasteiger partial charge on any atom is 0.219 e. The molecule has 0 aromatic heterocycles. The Labute approximate surface area is 89.7 Å². The fourth-order valence-corrected chi connectivity index (χ4v) is 1.49. The van der Waals surface area contributed by atoms with Crippen LogP contribution in [0.2, 0.25) is 0 Å². The molecule has 0 aromatic rings.